The van der Waals surface area contributed by atoms with Crippen molar-refractivity contribution < 1.29 is 17.9 Å². The van der Waals surface area contributed by atoms with E-state index in [2.05, 4.69) is 16.0 Å². The maximum absolute atomic E-state index is 12.8. The van der Waals surface area contributed by atoms with Crippen molar-refractivity contribution >= 4 is 39.7 Å². The minimum absolute atomic E-state index is 0. The summed E-state index contributed by atoms with van der Waals surface area (Å²) in [7, 11) is -1.84. The first kappa shape index (κ1) is 22.7. The molecular formula is C16H27ClN4O4S. The van der Waals surface area contributed by atoms with Crippen molar-refractivity contribution in [2.45, 2.75) is 18.2 Å². The second-order valence-electron chi connectivity index (χ2n) is 5.66. The number of benzene rings is 1. The van der Waals surface area contributed by atoms with Crippen LogP contribution in [0, 0.1) is 0 Å². The summed E-state index contributed by atoms with van der Waals surface area (Å²) in [6.45, 7) is 4.60. The van der Waals surface area contributed by atoms with Gasteiger partial charge in [-0.1, -0.05) is 0 Å². The molecule has 1 aliphatic rings. The standard InChI is InChI=1S/C16H26N4O4S.ClH/c1-3-18-14-5-4-13(12-15(14)19-16(21)6-7-17-2)25(22,23)20-8-10-24-11-9-20;/h4-5,12,17-18H,3,6-11H2,1-2H3,(H,19,21);1H. The second kappa shape index (κ2) is 10.7. The molecule has 1 heterocycles. The van der Waals surface area contributed by atoms with Crippen LogP contribution in [0.1, 0.15) is 13.3 Å². The molecule has 3 N–H and O–H groups in total. The number of carbonyl (C=O) groups excluding carboxylic acids is 1. The maximum Gasteiger partial charge on any atom is 0.243 e. The number of ether oxygens (including phenoxy) is 1. The van der Waals surface area contributed by atoms with E-state index in [0.29, 0.717) is 57.2 Å². The van der Waals surface area contributed by atoms with Crippen molar-refractivity contribution in [1.82, 2.24) is 9.62 Å². The number of rotatable bonds is 8. The molecule has 26 heavy (non-hydrogen) atoms. The molecule has 0 unspecified atom stereocenters. The Balaban J connectivity index is 0.00000338. The zero-order chi connectivity index (χ0) is 18.3. The van der Waals surface area contributed by atoms with Crippen molar-refractivity contribution in [2.75, 3.05) is 57.1 Å². The van der Waals surface area contributed by atoms with Crippen molar-refractivity contribution in [3.63, 3.8) is 0 Å². The normalized spacial score (nSPS) is 15.2. The zero-order valence-electron chi connectivity index (χ0n) is 15.1. The Morgan fingerprint density at radius 2 is 1.92 bits per heavy atom. The van der Waals surface area contributed by atoms with E-state index >= 15 is 0 Å². The van der Waals surface area contributed by atoms with Gasteiger partial charge in [-0.3, -0.25) is 4.79 Å². The molecule has 1 amide bonds. The fraction of sp³-hybridized carbons (Fsp3) is 0.562. The molecule has 0 spiro atoms. The number of sulfonamides is 1. The molecule has 0 radical (unpaired) electrons. The highest BCUT2D eigenvalue weighted by Crippen LogP contribution is 2.27. The molecule has 0 bridgehead atoms. The van der Waals surface area contributed by atoms with Gasteiger partial charge in [-0.2, -0.15) is 4.31 Å². The van der Waals surface area contributed by atoms with Crippen LogP contribution in [0.25, 0.3) is 0 Å². The van der Waals surface area contributed by atoms with E-state index in [-0.39, 0.29) is 23.2 Å². The van der Waals surface area contributed by atoms with Crippen LogP contribution in [0.5, 0.6) is 0 Å². The number of carbonyl (C=O) groups is 1. The first-order chi connectivity index (χ1) is 12.0. The number of nitrogens with zero attached hydrogens (tertiary/aromatic N) is 1. The topological polar surface area (TPSA) is 99.8 Å². The van der Waals surface area contributed by atoms with E-state index in [0.717, 1.165) is 0 Å². The molecule has 1 aliphatic heterocycles. The summed E-state index contributed by atoms with van der Waals surface area (Å²) in [4.78, 5) is 12.2. The Bertz CT molecular complexity index is 693. The third kappa shape index (κ3) is 5.82. The lowest BCUT2D eigenvalue weighted by Gasteiger charge is -2.26. The van der Waals surface area contributed by atoms with E-state index < -0.39 is 10.0 Å². The van der Waals surface area contributed by atoms with Gasteiger partial charge in [-0.25, -0.2) is 8.42 Å². The number of nitrogens with one attached hydrogen (secondary N) is 3. The van der Waals surface area contributed by atoms with Crippen LogP contribution in [0.3, 0.4) is 0 Å². The number of amides is 1. The molecule has 0 atom stereocenters. The van der Waals surface area contributed by atoms with Crippen LogP contribution >= 0.6 is 12.4 Å². The lowest BCUT2D eigenvalue weighted by atomic mass is 10.2. The van der Waals surface area contributed by atoms with E-state index in [9.17, 15) is 13.2 Å². The second-order valence-corrected chi connectivity index (χ2v) is 7.59. The predicted molar refractivity (Wildman–Crippen MR) is 105 cm³/mol. The van der Waals surface area contributed by atoms with E-state index in [1.54, 1.807) is 19.2 Å². The van der Waals surface area contributed by atoms with Gasteiger partial charge in [0.05, 0.1) is 29.5 Å². The quantitative estimate of drug-likeness (QED) is 0.598. The Morgan fingerprint density at radius 3 is 2.54 bits per heavy atom. The smallest absolute Gasteiger partial charge is 0.243 e. The minimum Gasteiger partial charge on any atom is -0.384 e. The summed E-state index contributed by atoms with van der Waals surface area (Å²) in [6, 6.07) is 4.76. The first-order valence-corrected chi connectivity index (χ1v) is 9.83. The van der Waals surface area contributed by atoms with Gasteiger partial charge in [0.15, 0.2) is 0 Å². The summed E-state index contributed by atoms with van der Waals surface area (Å²) in [5, 5.41) is 8.85. The van der Waals surface area contributed by atoms with E-state index in [1.165, 1.54) is 10.4 Å². The molecular weight excluding hydrogens is 380 g/mol. The summed E-state index contributed by atoms with van der Waals surface area (Å²) < 4.78 is 32.2. The van der Waals surface area contributed by atoms with Crippen LogP contribution in [0.2, 0.25) is 0 Å². The van der Waals surface area contributed by atoms with Crippen molar-refractivity contribution in [3.05, 3.63) is 18.2 Å². The van der Waals surface area contributed by atoms with Gasteiger partial charge in [0, 0.05) is 32.6 Å². The molecule has 2 rings (SSSR count). The molecule has 0 saturated carbocycles. The zero-order valence-corrected chi connectivity index (χ0v) is 16.7. The van der Waals surface area contributed by atoms with Crippen LogP contribution in [-0.2, 0) is 19.6 Å². The molecule has 1 aromatic rings. The summed E-state index contributed by atoms with van der Waals surface area (Å²) in [5.41, 5.74) is 1.17. The van der Waals surface area contributed by atoms with Gasteiger partial charge < -0.3 is 20.7 Å². The largest absolute Gasteiger partial charge is 0.384 e. The van der Waals surface area contributed by atoms with E-state index in [1.807, 2.05) is 6.92 Å². The Morgan fingerprint density at radius 1 is 1.23 bits per heavy atom. The molecule has 1 aromatic carbocycles. The molecule has 8 nitrogen and oxygen atoms in total. The minimum atomic E-state index is -3.61. The van der Waals surface area contributed by atoms with Crippen LogP contribution in [0.4, 0.5) is 11.4 Å². The van der Waals surface area contributed by atoms with Crippen LogP contribution in [0.15, 0.2) is 23.1 Å². The van der Waals surface area contributed by atoms with E-state index in [4.69, 9.17) is 4.74 Å². The summed E-state index contributed by atoms with van der Waals surface area (Å²) in [5.74, 6) is -0.172. The molecule has 10 heteroatoms. The van der Waals surface area contributed by atoms with Crippen LogP contribution < -0.4 is 16.0 Å². The number of hydrogen-bond acceptors (Lipinski definition) is 6. The Hall–Kier alpha value is -1.39. The number of anilines is 2. The van der Waals surface area contributed by atoms with Crippen molar-refractivity contribution in [3.8, 4) is 0 Å². The lowest BCUT2D eigenvalue weighted by Crippen LogP contribution is -2.40. The van der Waals surface area contributed by atoms with Gasteiger partial charge in [0.2, 0.25) is 15.9 Å². The molecule has 1 fully saturated rings. The Kier molecular flexibility index (Phi) is 9.31. The first-order valence-electron chi connectivity index (χ1n) is 8.39. The average molecular weight is 407 g/mol. The van der Waals surface area contributed by atoms with Gasteiger partial charge >= 0.3 is 0 Å². The fourth-order valence-corrected chi connectivity index (χ4v) is 3.95. The van der Waals surface area contributed by atoms with Gasteiger partial charge in [-0.05, 0) is 32.2 Å². The number of hydrogen-bond donors (Lipinski definition) is 3. The number of halogens is 1. The van der Waals surface area contributed by atoms with Gasteiger partial charge in [0.1, 0.15) is 0 Å². The third-order valence-electron chi connectivity index (χ3n) is 3.84. The average Bonchev–Trinajstić information content (AvgIpc) is 2.62. The lowest BCUT2D eigenvalue weighted by molar-refractivity contribution is -0.116. The fourth-order valence-electron chi connectivity index (χ4n) is 2.52. The predicted octanol–water partition coefficient (Wildman–Crippen LogP) is 1.11. The van der Waals surface area contributed by atoms with Crippen LogP contribution in [-0.4, -0.2) is 65.1 Å². The van der Waals surface area contributed by atoms with Crippen molar-refractivity contribution in [2.24, 2.45) is 0 Å². The molecule has 0 aliphatic carbocycles. The Labute approximate surface area is 161 Å². The molecule has 1 saturated heterocycles. The summed E-state index contributed by atoms with van der Waals surface area (Å²) in [6.07, 6.45) is 0.308. The highest BCUT2D eigenvalue weighted by atomic mass is 35.5. The highest BCUT2D eigenvalue weighted by Gasteiger charge is 2.27. The highest BCUT2D eigenvalue weighted by molar-refractivity contribution is 7.89. The summed E-state index contributed by atoms with van der Waals surface area (Å²) >= 11 is 0. The molecule has 0 aromatic heterocycles. The third-order valence-corrected chi connectivity index (χ3v) is 5.74. The SMILES string of the molecule is CCNc1ccc(S(=O)(=O)N2CCOCC2)cc1NC(=O)CCNC.Cl. The van der Waals surface area contributed by atoms with Gasteiger partial charge in [0.25, 0.3) is 0 Å². The molecule has 148 valence electrons. The number of morpholine rings is 1. The maximum atomic E-state index is 12.8. The monoisotopic (exact) mass is 406 g/mol. The van der Waals surface area contributed by atoms with Crippen molar-refractivity contribution in [1.29, 1.82) is 0 Å². The van der Waals surface area contributed by atoms with Gasteiger partial charge in [-0.15, -0.1) is 12.4 Å².